The van der Waals surface area contributed by atoms with Gasteiger partial charge in [0.25, 0.3) is 5.91 Å². The topological polar surface area (TPSA) is 38.3 Å². The summed E-state index contributed by atoms with van der Waals surface area (Å²) in [6.45, 7) is 0. The largest absolute Gasteiger partial charge is 0.381 e. The number of ether oxygens (including phenoxy) is 1. The van der Waals surface area contributed by atoms with Crippen LogP contribution in [0.4, 0.5) is 0 Å². The van der Waals surface area contributed by atoms with Crippen molar-refractivity contribution in [1.82, 2.24) is 5.32 Å². The second-order valence-corrected chi connectivity index (χ2v) is 5.85. The van der Waals surface area contributed by atoms with E-state index in [1.807, 2.05) is 0 Å². The number of carbonyl (C=O) groups excluding carboxylic acids is 1. The molecule has 98 valence electrons. The van der Waals surface area contributed by atoms with E-state index < -0.39 is 0 Å². The molecule has 1 N–H and O–H groups in total. The maximum absolute atomic E-state index is 12.1. The Hall–Kier alpha value is -0.580. The van der Waals surface area contributed by atoms with Crippen LogP contribution in [0.15, 0.2) is 22.7 Å². The lowest BCUT2D eigenvalue weighted by Gasteiger charge is -2.13. The molecule has 1 aromatic rings. The first-order valence-electron chi connectivity index (χ1n) is 5.88. The third kappa shape index (κ3) is 3.46. The molecule has 0 aromatic heterocycles. The van der Waals surface area contributed by atoms with E-state index in [4.69, 9.17) is 16.3 Å². The van der Waals surface area contributed by atoms with Gasteiger partial charge in [0.1, 0.15) is 0 Å². The Balaban J connectivity index is 1.99. The number of methoxy groups -OCH3 is 1. The van der Waals surface area contributed by atoms with Crippen molar-refractivity contribution in [3.05, 3.63) is 33.3 Å². The monoisotopic (exact) mass is 331 g/mol. The fourth-order valence-corrected chi connectivity index (χ4v) is 3.10. The van der Waals surface area contributed by atoms with Gasteiger partial charge in [-0.05, 0) is 37.5 Å². The van der Waals surface area contributed by atoms with Crippen LogP contribution in [0.3, 0.4) is 0 Å². The molecule has 2 atom stereocenters. The van der Waals surface area contributed by atoms with Crippen LogP contribution in [0.5, 0.6) is 0 Å². The van der Waals surface area contributed by atoms with E-state index in [-0.39, 0.29) is 18.1 Å². The highest BCUT2D eigenvalue weighted by Gasteiger charge is 2.25. The number of benzene rings is 1. The SMILES string of the molecule is COC1CCC(NC(=O)c2cc(Cl)cc(Br)c2)C1. The van der Waals surface area contributed by atoms with E-state index in [9.17, 15) is 4.79 Å². The van der Waals surface area contributed by atoms with Gasteiger partial charge in [0, 0.05) is 28.2 Å². The van der Waals surface area contributed by atoms with Crippen LogP contribution in [-0.2, 0) is 4.74 Å². The van der Waals surface area contributed by atoms with Gasteiger partial charge in [-0.1, -0.05) is 27.5 Å². The minimum absolute atomic E-state index is 0.0834. The van der Waals surface area contributed by atoms with Gasteiger partial charge in [-0.25, -0.2) is 0 Å². The second kappa shape index (κ2) is 6.04. The molecule has 1 aromatic carbocycles. The first kappa shape index (κ1) is 13.8. The normalized spacial score (nSPS) is 23.1. The lowest BCUT2D eigenvalue weighted by Crippen LogP contribution is -2.33. The molecule has 0 heterocycles. The lowest BCUT2D eigenvalue weighted by atomic mass is 10.2. The Morgan fingerprint density at radius 2 is 2.22 bits per heavy atom. The predicted molar refractivity (Wildman–Crippen MR) is 75.1 cm³/mol. The number of carbonyl (C=O) groups is 1. The number of nitrogens with one attached hydrogen (secondary N) is 1. The van der Waals surface area contributed by atoms with Crippen LogP contribution in [0.25, 0.3) is 0 Å². The van der Waals surface area contributed by atoms with E-state index in [0.717, 1.165) is 23.7 Å². The van der Waals surface area contributed by atoms with Gasteiger partial charge in [0.2, 0.25) is 0 Å². The highest BCUT2D eigenvalue weighted by atomic mass is 79.9. The smallest absolute Gasteiger partial charge is 0.251 e. The fraction of sp³-hybridized carbons (Fsp3) is 0.462. The van der Waals surface area contributed by atoms with Crippen LogP contribution >= 0.6 is 27.5 Å². The van der Waals surface area contributed by atoms with Gasteiger partial charge < -0.3 is 10.1 Å². The zero-order chi connectivity index (χ0) is 13.1. The van der Waals surface area contributed by atoms with Gasteiger partial charge in [-0.2, -0.15) is 0 Å². The maximum atomic E-state index is 12.1. The average molecular weight is 333 g/mol. The summed E-state index contributed by atoms with van der Waals surface area (Å²) in [5.41, 5.74) is 0.579. The molecule has 0 saturated heterocycles. The fourth-order valence-electron chi connectivity index (χ4n) is 2.24. The van der Waals surface area contributed by atoms with Crippen LogP contribution in [0.2, 0.25) is 5.02 Å². The van der Waals surface area contributed by atoms with Crippen molar-refractivity contribution < 1.29 is 9.53 Å². The summed E-state index contributed by atoms with van der Waals surface area (Å²) in [4.78, 5) is 12.1. The van der Waals surface area contributed by atoms with Crippen molar-refractivity contribution in [3.63, 3.8) is 0 Å². The predicted octanol–water partition coefficient (Wildman–Crippen LogP) is 3.40. The van der Waals surface area contributed by atoms with E-state index in [2.05, 4.69) is 21.2 Å². The maximum Gasteiger partial charge on any atom is 0.251 e. The van der Waals surface area contributed by atoms with Gasteiger partial charge in [-0.15, -0.1) is 0 Å². The summed E-state index contributed by atoms with van der Waals surface area (Å²) in [6.07, 6.45) is 3.11. The molecule has 1 aliphatic rings. The first-order valence-corrected chi connectivity index (χ1v) is 7.05. The van der Waals surface area contributed by atoms with E-state index in [1.54, 1.807) is 25.3 Å². The summed E-state index contributed by atoms with van der Waals surface area (Å²) in [5, 5.41) is 3.57. The van der Waals surface area contributed by atoms with Crippen LogP contribution in [0.1, 0.15) is 29.6 Å². The molecule has 2 unspecified atom stereocenters. The summed E-state index contributed by atoms with van der Waals surface area (Å²) in [6, 6.07) is 5.39. The van der Waals surface area contributed by atoms with Gasteiger partial charge in [-0.3, -0.25) is 4.79 Å². The Kier molecular flexibility index (Phi) is 4.65. The quantitative estimate of drug-likeness (QED) is 0.921. The molecule has 1 saturated carbocycles. The Labute approximate surface area is 120 Å². The Morgan fingerprint density at radius 1 is 1.44 bits per heavy atom. The lowest BCUT2D eigenvalue weighted by molar-refractivity contribution is 0.0915. The number of rotatable bonds is 3. The third-order valence-electron chi connectivity index (χ3n) is 3.18. The zero-order valence-corrected chi connectivity index (χ0v) is 12.4. The Bertz CT molecular complexity index is 432. The molecular weight excluding hydrogens is 318 g/mol. The molecule has 3 nitrogen and oxygen atoms in total. The van der Waals surface area contributed by atoms with E-state index >= 15 is 0 Å². The van der Waals surface area contributed by atoms with Crippen LogP contribution < -0.4 is 5.32 Å². The Morgan fingerprint density at radius 3 is 2.83 bits per heavy atom. The molecule has 1 aliphatic carbocycles. The minimum atomic E-state index is -0.0834. The van der Waals surface area contributed by atoms with E-state index in [1.165, 1.54) is 0 Å². The van der Waals surface area contributed by atoms with Gasteiger partial charge >= 0.3 is 0 Å². The van der Waals surface area contributed by atoms with Crippen molar-refractivity contribution in [3.8, 4) is 0 Å². The second-order valence-electron chi connectivity index (χ2n) is 4.50. The minimum Gasteiger partial charge on any atom is -0.381 e. The van der Waals surface area contributed by atoms with Crippen molar-refractivity contribution in [2.45, 2.75) is 31.4 Å². The zero-order valence-electron chi connectivity index (χ0n) is 10.1. The third-order valence-corrected chi connectivity index (χ3v) is 3.85. The average Bonchev–Trinajstić information content (AvgIpc) is 2.75. The highest BCUT2D eigenvalue weighted by molar-refractivity contribution is 9.10. The van der Waals surface area contributed by atoms with Gasteiger partial charge in [0.05, 0.1) is 6.10 Å². The van der Waals surface area contributed by atoms with E-state index in [0.29, 0.717) is 10.6 Å². The summed E-state index contributed by atoms with van der Waals surface area (Å²) in [7, 11) is 1.71. The number of halogens is 2. The molecule has 18 heavy (non-hydrogen) atoms. The summed E-state index contributed by atoms with van der Waals surface area (Å²) in [5.74, 6) is -0.0834. The molecule has 5 heteroatoms. The van der Waals surface area contributed by atoms with Crippen molar-refractivity contribution in [2.75, 3.05) is 7.11 Å². The standard InChI is InChI=1S/C13H15BrClNO2/c1-18-12-3-2-11(7-12)16-13(17)8-4-9(14)6-10(15)5-8/h4-6,11-12H,2-3,7H2,1H3,(H,16,17). The number of hydrogen-bond acceptors (Lipinski definition) is 2. The van der Waals surface area contributed by atoms with Gasteiger partial charge in [0.15, 0.2) is 0 Å². The van der Waals surface area contributed by atoms with Crippen LogP contribution in [0, 0.1) is 0 Å². The number of hydrogen-bond donors (Lipinski definition) is 1. The summed E-state index contributed by atoms with van der Waals surface area (Å²) >= 11 is 9.26. The number of amides is 1. The molecule has 2 rings (SSSR count). The molecule has 1 fully saturated rings. The summed E-state index contributed by atoms with van der Waals surface area (Å²) < 4.78 is 6.09. The first-order chi connectivity index (χ1) is 8.58. The highest BCUT2D eigenvalue weighted by Crippen LogP contribution is 2.23. The molecule has 0 bridgehead atoms. The molecule has 0 aliphatic heterocycles. The molecular formula is C13H15BrClNO2. The molecule has 0 spiro atoms. The van der Waals surface area contributed by atoms with Crippen molar-refractivity contribution in [1.29, 1.82) is 0 Å². The molecule has 1 amide bonds. The van der Waals surface area contributed by atoms with Crippen molar-refractivity contribution in [2.24, 2.45) is 0 Å². The van der Waals surface area contributed by atoms with Crippen LogP contribution in [-0.4, -0.2) is 25.2 Å². The molecule has 0 radical (unpaired) electrons. The van der Waals surface area contributed by atoms with Crippen molar-refractivity contribution >= 4 is 33.4 Å².